The van der Waals surface area contributed by atoms with Gasteiger partial charge in [-0.15, -0.1) is 5.10 Å². The SMILES string of the molecule is CCCCSc1nc2n(n1)C(c1ccc(OCc3c(Cl)cccc3Cl)cc1)C(C(=O)Nc1cccc(C)c1C)=C(C)N2. The first-order chi connectivity index (χ1) is 20.3. The molecule has 1 amide bonds. The van der Waals surface area contributed by atoms with Crippen LogP contribution in [0.25, 0.3) is 0 Å². The van der Waals surface area contributed by atoms with E-state index in [4.69, 9.17) is 38.0 Å². The van der Waals surface area contributed by atoms with Crippen molar-refractivity contribution in [3.05, 3.63) is 104 Å². The van der Waals surface area contributed by atoms with Crippen LogP contribution in [0.3, 0.4) is 0 Å². The maximum absolute atomic E-state index is 13.9. The van der Waals surface area contributed by atoms with Crippen LogP contribution < -0.4 is 15.4 Å². The molecule has 4 aromatic rings. The number of hydrogen-bond acceptors (Lipinski definition) is 6. The molecule has 0 fully saturated rings. The molecule has 218 valence electrons. The number of carbonyl (C=O) groups excluding carboxylic acids is 1. The number of nitrogens with one attached hydrogen (secondary N) is 2. The van der Waals surface area contributed by atoms with Crippen LogP contribution in [0.2, 0.25) is 10.0 Å². The van der Waals surface area contributed by atoms with Crippen molar-refractivity contribution in [2.24, 2.45) is 0 Å². The molecule has 0 radical (unpaired) electrons. The molecule has 7 nitrogen and oxygen atoms in total. The molecular formula is C32H33Cl2N5O2S. The smallest absolute Gasteiger partial charge is 0.255 e. The Balaban J connectivity index is 1.46. The molecule has 3 aromatic carbocycles. The second kappa shape index (κ2) is 13.2. The Kier molecular flexibility index (Phi) is 9.46. The molecule has 0 aliphatic carbocycles. The van der Waals surface area contributed by atoms with Gasteiger partial charge in [0, 0.05) is 32.7 Å². The van der Waals surface area contributed by atoms with E-state index < -0.39 is 6.04 Å². The summed E-state index contributed by atoms with van der Waals surface area (Å²) < 4.78 is 7.82. The summed E-state index contributed by atoms with van der Waals surface area (Å²) in [6.07, 6.45) is 2.18. The second-order valence-electron chi connectivity index (χ2n) is 10.2. The number of amides is 1. The van der Waals surface area contributed by atoms with E-state index in [2.05, 4.69) is 17.6 Å². The lowest BCUT2D eigenvalue weighted by Gasteiger charge is -2.29. The minimum absolute atomic E-state index is 0.200. The van der Waals surface area contributed by atoms with E-state index >= 15 is 0 Å². The number of allylic oxidation sites excluding steroid dienone is 1. The summed E-state index contributed by atoms with van der Waals surface area (Å²) in [7, 11) is 0. The van der Waals surface area contributed by atoms with Gasteiger partial charge in [-0.3, -0.25) is 4.79 Å². The number of rotatable bonds is 10. The average Bonchev–Trinajstić information content (AvgIpc) is 3.37. The third kappa shape index (κ3) is 6.46. The predicted octanol–water partition coefficient (Wildman–Crippen LogP) is 8.60. The molecule has 0 saturated heterocycles. The summed E-state index contributed by atoms with van der Waals surface area (Å²) in [4.78, 5) is 18.7. The molecule has 1 unspecified atom stereocenters. The number of fused-ring (bicyclic) bond motifs is 1. The highest BCUT2D eigenvalue weighted by Gasteiger charge is 2.34. The standard InChI is InChI=1S/C32H33Cl2N5O2S/c1-5-6-17-42-32-37-31-35-21(4)28(30(40)36-27-12-7-9-19(2)20(27)3)29(39(31)38-32)22-13-15-23(16-14-22)41-18-24-25(33)10-8-11-26(24)34/h7-16,29H,5-6,17-18H2,1-4H3,(H,36,40)(H,35,37,38). The van der Waals surface area contributed by atoms with Crippen LogP contribution in [-0.2, 0) is 11.4 Å². The van der Waals surface area contributed by atoms with E-state index in [9.17, 15) is 4.79 Å². The quantitative estimate of drug-likeness (QED) is 0.136. The van der Waals surface area contributed by atoms with Crippen LogP contribution in [-0.4, -0.2) is 26.4 Å². The first-order valence-electron chi connectivity index (χ1n) is 13.9. The van der Waals surface area contributed by atoms with Crippen LogP contribution >= 0.6 is 35.0 Å². The Labute approximate surface area is 260 Å². The molecule has 1 aliphatic heterocycles. The molecule has 1 aliphatic rings. The van der Waals surface area contributed by atoms with Crippen molar-refractivity contribution in [3.63, 3.8) is 0 Å². The fourth-order valence-electron chi connectivity index (χ4n) is 4.75. The Morgan fingerprint density at radius 3 is 2.48 bits per heavy atom. The number of nitrogens with zero attached hydrogens (tertiary/aromatic N) is 3. The lowest BCUT2D eigenvalue weighted by molar-refractivity contribution is -0.113. The van der Waals surface area contributed by atoms with Gasteiger partial charge in [-0.2, -0.15) is 4.98 Å². The predicted molar refractivity (Wildman–Crippen MR) is 172 cm³/mol. The molecular weight excluding hydrogens is 589 g/mol. The van der Waals surface area contributed by atoms with Gasteiger partial charge in [-0.1, -0.05) is 78.6 Å². The number of anilines is 2. The third-order valence-electron chi connectivity index (χ3n) is 7.30. The summed E-state index contributed by atoms with van der Waals surface area (Å²) in [5.74, 6) is 1.99. The van der Waals surface area contributed by atoms with Crippen molar-refractivity contribution >= 4 is 52.5 Å². The number of carbonyl (C=O) groups is 1. The number of aryl methyl sites for hydroxylation is 1. The van der Waals surface area contributed by atoms with Gasteiger partial charge in [0.2, 0.25) is 11.1 Å². The summed E-state index contributed by atoms with van der Waals surface area (Å²) in [5, 5.41) is 13.1. The van der Waals surface area contributed by atoms with Gasteiger partial charge in [-0.05, 0) is 74.2 Å². The molecule has 10 heteroatoms. The van der Waals surface area contributed by atoms with Gasteiger partial charge in [0.25, 0.3) is 5.91 Å². The van der Waals surface area contributed by atoms with Gasteiger partial charge >= 0.3 is 0 Å². The van der Waals surface area contributed by atoms with E-state index in [1.165, 1.54) is 0 Å². The molecule has 0 spiro atoms. The van der Waals surface area contributed by atoms with Gasteiger partial charge in [0.05, 0.1) is 5.57 Å². The number of benzene rings is 3. The zero-order valence-electron chi connectivity index (χ0n) is 24.0. The Hall–Kier alpha value is -3.46. The summed E-state index contributed by atoms with van der Waals surface area (Å²) in [6.45, 7) is 8.33. The zero-order chi connectivity index (χ0) is 29.8. The van der Waals surface area contributed by atoms with E-state index in [0.717, 1.165) is 52.2 Å². The van der Waals surface area contributed by atoms with Crippen LogP contribution in [0.4, 0.5) is 11.6 Å². The molecule has 5 rings (SSSR count). The molecule has 1 aromatic heterocycles. The van der Waals surface area contributed by atoms with Crippen molar-refractivity contribution in [2.75, 3.05) is 16.4 Å². The minimum atomic E-state index is -0.494. The first-order valence-corrected chi connectivity index (χ1v) is 15.6. The Morgan fingerprint density at radius 2 is 1.76 bits per heavy atom. The normalized spacial score (nSPS) is 14.4. The van der Waals surface area contributed by atoms with Crippen LogP contribution in [0.1, 0.15) is 55.0 Å². The number of unbranched alkanes of at least 4 members (excludes halogenated alkanes) is 1. The minimum Gasteiger partial charge on any atom is -0.489 e. The number of thioether (sulfide) groups is 1. The molecule has 2 N–H and O–H groups in total. The van der Waals surface area contributed by atoms with Crippen molar-refractivity contribution < 1.29 is 9.53 Å². The first kappa shape index (κ1) is 30.0. The van der Waals surface area contributed by atoms with Crippen LogP contribution in [0.15, 0.2) is 77.1 Å². The maximum atomic E-state index is 13.9. The number of ether oxygens (including phenoxy) is 1. The Morgan fingerprint density at radius 1 is 1.05 bits per heavy atom. The van der Waals surface area contributed by atoms with E-state index in [1.807, 2.05) is 63.2 Å². The topological polar surface area (TPSA) is 81.1 Å². The molecule has 0 bridgehead atoms. The monoisotopic (exact) mass is 621 g/mol. The molecule has 42 heavy (non-hydrogen) atoms. The number of aromatic nitrogens is 3. The number of halogens is 2. The number of hydrogen-bond donors (Lipinski definition) is 2. The van der Waals surface area contributed by atoms with Crippen molar-refractivity contribution in [1.82, 2.24) is 14.8 Å². The van der Waals surface area contributed by atoms with Gasteiger partial charge in [0.15, 0.2) is 0 Å². The van der Waals surface area contributed by atoms with Crippen LogP contribution in [0.5, 0.6) is 5.75 Å². The maximum Gasteiger partial charge on any atom is 0.255 e. The third-order valence-corrected chi connectivity index (χ3v) is 8.93. The van der Waals surface area contributed by atoms with Crippen molar-refractivity contribution in [3.8, 4) is 5.75 Å². The van der Waals surface area contributed by atoms with E-state index in [0.29, 0.717) is 32.5 Å². The van der Waals surface area contributed by atoms with E-state index in [-0.39, 0.29) is 12.5 Å². The van der Waals surface area contributed by atoms with Gasteiger partial charge in [0.1, 0.15) is 18.4 Å². The van der Waals surface area contributed by atoms with Crippen molar-refractivity contribution in [1.29, 1.82) is 0 Å². The highest BCUT2D eigenvalue weighted by atomic mass is 35.5. The lowest BCUT2D eigenvalue weighted by atomic mass is 9.94. The zero-order valence-corrected chi connectivity index (χ0v) is 26.3. The average molecular weight is 623 g/mol. The summed E-state index contributed by atoms with van der Waals surface area (Å²) in [6, 6.07) is 18.4. The summed E-state index contributed by atoms with van der Waals surface area (Å²) >= 11 is 14.3. The second-order valence-corrected chi connectivity index (χ2v) is 12.1. The summed E-state index contributed by atoms with van der Waals surface area (Å²) in [5.41, 5.74) is 5.81. The highest BCUT2D eigenvalue weighted by molar-refractivity contribution is 7.99. The molecule has 1 atom stereocenters. The fourth-order valence-corrected chi connectivity index (χ4v) is 6.17. The Bertz CT molecular complexity index is 1610. The largest absolute Gasteiger partial charge is 0.489 e. The lowest BCUT2D eigenvalue weighted by Crippen LogP contribution is -2.31. The highest BCUT2D eigenvalue weighted by Crippen LogP contribution is 2.38. The van der Waals surface area contributed by atoms with E-state index in [1.54, 1.807) is 34.6 Å². The molecule has 2 heterocycles. The van der Waals surface area contributed by atoms with Gasteiger partial charge in [-0.25, -0.2) is 4.68 Å². The van der Waals surface area contributed by atoms with Gasteiger partial charge < -0.3 is 15.4 Å². The van der Waals surface area contributed by atoms with Crippen molar-refractivity contribution in [2.45, 2.75) is 58.3 Å². The molecule has 0 saturated carbocycles. The van der Waals surface area contributed by atoms with Crippen LogP contribution in [0, 0.1) is 13.8 Å². The fraction of sp³-hybridized carbons (Fsp3) is 0.281.